The highest BCUT2D eigenvalue weighted by atomic mass is 32.2. The lowest BCUT2D eigenvalue weighted by Gasteiger charge is -2.06. The van der Waals surface area contributed by atoms with Crippen LogP contribution in [0.1, 0.15) is 16.1 Å². The van der Waals surface area contributed by atoms with Crippen molar-refractivity contribution in [1.82, 2.24) is 10.3 Å². The average Bonchev–Trinajstić information content (AvgIpc) is 2.62. The van der Waals surface area contributed by atoms with Gasteiger partial charge in [0.05, 0.1) is 12.2 Å². The Balaban J connectivity index is 1.77. The van der Waals surface area contributed by atoms with Crippen LogP contribution < -0.4 is 5.32 Å². The lowest BCUT2D eigenvalue weighted by molar-refractivity contribution is 0.0978. The maximum atomic E-state index is 12.1. The molecule has 0 atom stereocenters. The molecule has 2 rings (SSSR count). The van der Waals surface area contributed by atoms with Crippen molar-refractivity contribution in [2.24, 2.45) is 4.99 Å². The quantitative estimate of drug-likeness (QED) is 0.470. The minimum atomic E-state index is -0.158. The normalized spacial score (nSPS) is 11.3. The molecule has 0 spiro atoms. The highest BCUT2D eigenvalue weighted by Crippen LogP contribution is 2.18. The Morgan fingerprint density at radius 1 is 1.25 bits per heavy atom. The number of carbonyl (C=O) groups excluding carboxylic acids is 1. The summed E-state index contributed by atoms with van der Waals surface area (Å²) in [6.07, 6.45) is 3.54. The van der Waals surface area contributed by atoms with E-state index in [-0.39, 0.29) is 11.7 Å². The van der Waals surface area contributed by atoms with E-state index in [0.29, 0.717) is 28.7 Å². The van der Waals surface area contributed by atoms with Gasteiger partial charge in [0.1, 0.15) is 5.75 Å². The largest absolute Gasteiger partial charge is 0.506 e. The zero-order valence-corrected chi connectivity index (χ0v) is 14.9. The number of pyridine rings is 1. The molecule has 2 aromatic rings. The summed E-state index contributed by atoms with van der Waals surface area (Å²) in [6, 6.07) is 12.4. The smallest absolute Gasteiger partial charge is 0.257 e. The van der Waals surface area contributed by atoms with Gasteiger partial charge in [-0.2, -0.15) is 11.8 Å². The molecule has 0 unspecified atom stereocenters. The van der Waals surface area contributed by atoms with Gasteiger partial charge >= 0.3 is 0 Å². The van der Waals surface area contributed by atoms with Gasteiger partial charge in [-0.25, -0.2) is 0 Å². The van der Waals surface area contributed by atoms with Crippen molar-refractivity contribution >= 4 is 34.6 Å². The van der Waals surface area contributed by atoms with Gasteiger partial charge in [0, 0.05) is 23.3 Å². The van der Waals surface area contributed by atoms with Crippen LogP contribution in [0.3, 0.4) is 0 Å². The molecule has 0 aliphatic carbocycles. The summed E-state index contributed by atoms with van der Waals surface area (Å²) in [5, 5.41) is 13.1. The van der Waals surface area contributed by atoms with Crippen molar-refractivity contribution in [2.75, 3.05) is 18.6 Å². The van der Waals surface area contributed by atoms with Crippen LogP contribution in [0.4, 0.5) is 0 Å². The number of nitrogens with one attached hydrogen (secondary N) is 1. The number of benzene rings is 1. The number of rotatable bonds is 6. The first kappa shape index (κ1) is 18.4. The van der Waals surface area contributed by atoms with Crippen LogP contribution in [-0.4, -0.2) is 39.7 Å². The molecule has 126 valence electrons. The molecular weight excluding hydrogens is 342 g/mol. The summed E-state index contributed by atoms with van der Waals surface area (Å²) in [5.41, 5.74) is 1.29. The molecule has 1 aromatic heterocycles. The van der Waals surface area contributed by atoms with E-state index in [4.69, 9.17) is 0 Å². The number of hydrogen-bond acceptors (Lipinski definition) is 6. The fourth-order valence-corrected chi connectivity index (χ4v) is 3.03. The molecule has 1 aromatic carbocycles. The van der Waals surface area contributed by atoms with E-state index >= 15 is 0 Å². The van der Waals surface area contributed by atoms with Crippen LogP contribution in [-0.2, 0) is 5.75 Å². The predicted octanol–water partition coefficient (Wildman–Crippen LogP) is 3.17. The zero-order valence-electron chi connectivity index (χ0n) is 13.3. The van der Waals surface area contributed by atoms with E-state index in [0.717, 1.165) is 5.75 Å². The van der Waals surface area contributed by atoms with Crippen LogP contribution in [0.2, 0.25) is 0 Å². The number of thioether (sulfide) groups is 2. The number of aliphatic imine (C=N–C) groups is 1. The summed E-state index contributed by atoms with van der Waals surface area (Å²) in [5.74, 6) is 1.47. The van der Waals surface area contributed by atoms with E-state index in [9.17, 15) is 9.90 Å². The first-order valence-corrected chi connectivity index (χ1v) is 9.74. The number of amides is 1. The average molecular weight is 361 g/mol. The van der Waals surface area contributed by atoms with Gasteiger partial charge in [0.2, 0.25) is 0 Å². The van der Waals surface area contributed by atoms with Crippen LogP contribution in [0, 0.1) is 0 Å². The van der Waals surface area contributed by atoms with E-state index in [1.165, 1.54) is 11.8 Å². The van der Waals surface area contributed by atoms with Gasteiger partial charge in [-0.1, -0.05) is 30.0 Å². The van der Waals surface area contributed by atoms with E-state index in [2.05, 4.69) is 15.3 Å². The molecule has 1 heterocycles. The Morgan fingerprint density at radius 2 is 2.04 bits per heavy atom. The number of hydrogen-bond donors (Lipinski definition) is 2. The molecule has 1 amide bonds. The summed E-state index contributed by atoms with van der Waals surface area (Å²) in [7, 11) is 0. The van der Waals surface area contributed by atoms with Crippen molar-refractivity contribution in [3.05, 3.63) is 59.9 Å². The Morgan fingerprint density at radius 3 is 2.75 bits per heavy atom. The lowest BCUT2D eigenvalue weighted by Crippen LogP contribution is -2.28. The summed E-state index contributed by atoms with van der Waals surface area (Å²) >= 11 is 3.04. The van der Waals surface area contributed by atoms with Gasteiger partial charge in [-0.15, -0.1) is 0 Å². The molecule has 2 N–H and O–H groups in total. The van der Waals surface area contributed by atoms with Crippen molar-refractivity contribution < 1.29 is 9.90 Å². The molecule has 5 nitrogen and oxygen atoms in total. The molecule has 0 aliphatic heterocycles. The maximum absolute atomic E-state index is 12.1. The van der Waals surface area contributed by atoms with Crippen molar-refractivity contribution in [2.45, 2.75) is 5.75 Å². The molecule has 0 aliphatic rings. The highest BCUT2D eigenvalue weighted by molar-refractivity contribution is 8.13. The van der Waals surface area contributed by atoms with Crippen LogP contribution >= 0.6 is 23.5 Å². The molecule has 0 radical (unpaired) electrons. The second-order valence-electron chi connectivity index (χ2n) is 4.73. The van der Waals surface area contributed by atoms with E-state index in [1.54, 1.807) is 42.2 Å². The van der Waals surface area contributed by atoms with Crippen LogP contribution in [0.25, 0.3) is 0 Å². The minimum Gasteiger partial charge on any atom is -0.506 e. The van der Waals surface area contributed by atoms with Crippen molar-refractivity contribution in [3.8, 4) is 5.75 Å². The Bertz CT molecular complexity index is 693. The van der Waals surface area contributed by atoms with Gasteiger partial charge in [-0.05, 0) is 30.5 Å². The number of aromatic hydroxyl groups is 1. The number of nitrogens with zero attached hydrogens (tertiary/aromatic N) is 2. The van der Waals surface area contributed by atoms with Crippen molar-refractivity contribution in [3.63, 3.8) is 0 Å². The summed E-state index contributed by atoms with van der Waals surface area (Å²) in [4.78, 5) is 20.6. The third kappa shape index (κ3) is 5.90. The Labute approximate surface area is 150 Å². The predicted molar refractivity (Wildman–Crippen MR) is 102 cm³/mol. The van der Waals surface area contributed by atoms with E-state index < -0.39 is 0 Å². The van der Waals surface area contributed by atoms with Gasteiger partial charge in [0.15, 0.2) is 5.17 Å². The molecule has 0 fully saturated rings. The first-order valence-electron chi connectivity index (χ1n) is 7.36. The zero-order chi connectivity index (χ0) is 17.2. The Hall–Kier alpha value is -1.99. The fraction of sp³-hybridized carbons (Fsp3) is 0.235. The molecule has 0 saturated heterocycles. The standard InChI is InChI=1S/C17H19N3O2S2/c1-23-17(20-16(22)13-6-3-2-4-7-13)19-10-11-24-12-14-15(21)8-5-9-18-14/h2-9,21H,10-12H2,1H3,(H,19,20,22). The highest BCUT2D eigenvalue weighted by Gasteiger charge is 2.07. The van der Waals surface area contributed by atoms with Crippen LogP contribution in [0.15, 0.2) is 53.7 Å². The Kier molecular flexibility index (Phi) is 7.64. The van der Waals surface area contributed by atoms with Crippen molar-refractivity contribution in [1.29, 1.82) is 0 Å². The second-order valence-corrected chi connectivity index (χ2v) is 6.63. The molecule has 7 heteroatoms. The molecule has 0 saturated carbocycles. The second kappa shape index (κ2) is 10.00. The fourth-order valence-electron chi connectivity index (χ4n) is 1.84. The topological polar surface area (TPSA) is 74.6 Å². The number of aromatic nitrogens is 1. The summed E-state index contributed by atoms with van der Waals surface area (Å²) < 4.78 is 0. The molecular formula is C17H19N3O2S2. The van der Waals surface area contributed by atoms with Crippen LogP contribution in [0.5, 0.6) is 5.75 Å². The lowest BCUT2D eigenvalue weighted by atomic mass is 10.2. The van der Waals surface area contributed by atoms with Gasteiger partial charge in [-0.3, -0.25) is 14.8 Å². The molecule has 24 heavy (non-hydrogen) atoms. The maximum Gasteiger partial charge on any atom is 0.257 e. The van der Waals surface area contributed by atoms with E-state index in [1.807, 2.05) is 24.5 Å². The number of carbonyl (C=O) groups is 1. The monoisotopic (exact) mass is 361 g/mol. The molecule has 0 bridgehead atoms. The number of amidine groups is 1. The van der Waals surface area contributed by atoms with Gasteiger partial charge < -0.3 is 10.4 Å². The van der Waals surface area contributed by atoms with Gasteiger partial charge in [0.25, 0.3) is 5.91 Å². The minimum absolute atomic E-state index is 0.158. The summed E-state index contributed by atoms with van der Waals surface area (Å²) in [6.45, 7) is 0.587. The third-order valence-electron chi connectivity index (χ3n) is 3.05. The third-order valence-corrected chi connectivity index (χ3v) is 4.61. The first-order chi connectivity index (χ1) is 11.7. The SMILES string of the molecule is CSC(=NCCSCc1ncccc1O)NC(=O)c1ccccc1.